The topological polar surface area (TPSA) is 111 Å². The first kappa shape index (κ1) is 24.0. The number of para-hydroxylation sites is 1. The fourth-order valence-corrected chi connectivity index (χ4v) is 3.87. The minimum absolute atomic E-state index is 0.0445. The fraction of sp³-hybridized carbons (Fsp3) is 0.308. The molecule has 3 aromatic rings. The number of aromatic nitrogens is 1. The predicted octanol–water partition coefficient (Wildman–Crippen LogP) is 3.80. The number of amidine groups is 1. The zero-order chi connectivity index (χ0) is 25.3. The van der Waals surface area contributed by atoms with Crippen molar-refractivity contribution >= 4 is 34.2 Å². The molecular weight excluding hydrogens is 448 g/mol. The van der Waals surface area contributed by atoms with Gasteiger partial charge in [-0.3, -0.25) is 9.59 Å². The van der Waals surface area contributed by atoms with E-state index in [9.17, 15) is 9.59 Å². The minimum Gasteiger partial charge on any atom is -0.493 e. The van der Waals surface area contributed by atoms with Crippen LogP contribution in [0.5, 0.6) is 17.2 Å². The summed E-state index contributed by atoms with van der Waals surface area (Å²) in [5.74, 6) is 0.787. The summed E-state index contributed by atoms with van der Waals surface area (Å²) < 4.78 is 16.1. The summed E-state index contributed by atoms with van der Waals surface area (Å²) in [6.45, 7) is 5.63. The molecule has 0 saturated heterocycles. The number of methoxy groups -OCH3 is 3. The predicted molar refractivity (Wildman–Crippen MR) is 134 cm³/mol. The highest BCUT2D eigenvalue weighted by Gasteiger charge is 2.43. The zero-order valence-electron chi connectivity index (χ0n) is 20.6. The number of hydrogen-bond acceptors (Lipinski definition) is 7. The van der Waals surface area contributed by atoms with Crippen LogP contribution in [-0.2, 0) is 4.79 Å². The number of fused-ring (bicyclic) bond motifs is 1. The Morgan fingerprint density at radius 2 is 1.69 bits per heavy atom. The van der Waals surface area contributed by atoms with Crippen molar-refractivity contribution in [2.75, 3.05) is 26.6 Å². The van der Waals surface area contributed by atoms with Gasteiger partial charge < -0.3 is 24.8 Å². The van der Waals surface area contributed by atoms with E-state index < -0.39 is 11.4 Å². The van der Waals surface area contributed by atoms with Gasteiger partial charge >= 0.3 is 0 Å². The van der Waals surface area contributed by atoms with Crippen LogP contribution in [0.4, 0.5) is 5.69 Å². The average Bonchev–Trinajstić information content (AvgIpc) is 3.17. The van der Waals surface area contributed by atoms with E-state index >= 15 is 0 Å². The molecule has 2 aromatic carbocycles. The Labute approximate surface area is 203 Å². The van der Waals surface area contributed by atoms with Crippen molar-refractivity contribution in [1.82, 2.24) is 10.3 Å². The van der Waals surface area contributed by atoms with E-state index in [1.54, 1.807) is 25.1 Å². The highest BCUT2D eigenvalue weighted by atomic mass is 16.5. The lowest BCUT2D eigenvalue weighted by Crippen LogP contribution is -2.41. The molecule has 1 aliphatic rings. The Morgan fingerprint density at radius 3 is 2.26 bits per heavy atom. The molecule has 0 bridgehead atoms. The molecule has 0 radical (unpaired) electrons. The van der Waals surface area contributed by atoms with Crippen LogP contribution in [0.15, 0.2) is 47.5 Å². The second kappa shape index (κ2) is 9.25. The number of benzene rings is 2. The number of nitrogens with one attached hydrogen (secondary N) is 2. The Hall–Kier alpha value is -4.14. The van der Waals surface area contributed by atoms with Gasteiger partial charge in [0, 0.05) is 23.2 Å². The number of carbonyl (C=O) groups excluding carboxylic acids is 2. The largest absolute Gasteiger partial charge is 0.493 e. The number of carbonyl (C=O) groups is 2. The van der Waals surface area contributed by atoms with Crippen LogP contribution in [0.3, 0.4) is 0 Å². The quantitative estimate of drug-likeness (QED) is 0.537. The normalized spacial score (nSPS) is 17.2. The van der Waals surface area contributed by atoms with E-state index in [1.165, 1.54) is 21.3 Å². The van der Waals surface area contributed by atoms with Crippen LogP contribution in [0.2, 0.25) is 0 Å². The minimum atomic E-state index is -0.951. The van der Waals surface area contributed by atoms with Crippen molar-refractivity contribution in [3.8, 4) is 17.2 Å². The molecule has 0 spiro atoms. The number of anilines is 1. The lowest BCUT2D eigenvalue weighted by molar-refractivity contribution is -0.124. The first-order valence-electron chi connectivity index (χ1n) is 11.1. The van der Waals surface area contributed by atoms with Gasteiger partial charge in [-0.2, -0.15) is 0 Å². The van der Waals surface area contributed by atoms with Gasteiger partial charge in [0.1, 0.15) is 11.2 Å². The van der Waals surface area contributed by atoms with Crippen molar-refractivity contribution < 1.29 is 23.8 Å². The molecular formula is C26H28N4O5. The maximum absolute atomic E-state index is 13.5. The molecule has 4 rings (SSSR count). The maximum atomic E-state index is 13.5. The molecule has 182 valence electrons. The number of hydrogen-bond donors (Lipinski definition) is 2. The first-order chi connectivity index (χ1) is 16.7. The zero-order valence-corrected chi connectivity index (χ0v) is 20.6. The number of amides is 2. The second-order valence-electron chi connectivity index (χ2n) is 8.66. The average molecular weight is 477 g/mol. The van der Waals surface area contributed by atoms with Gasteiger partial charge in [-0.15, -0.1) is 0 Å². The summed E-state index contributed by atoms with van der Waals surface area (Å²) in [6.07, 6.45) is 0. The third-order valence-electron chi connectivity index (χ3n) is 6.28. The van der Waals surface area contributed by atoms with E-state index in [2.05, 4.69) is 15.6 Å². The fourth-order valence-electron chi connectivity index (χ4n) is 3.87. The smallest absolute Gasteiger partial charge is 0.258 e. The number of ether oxygens (including phenoxy) is 3. The summed E-state index contributed by atoms with van der Waals surface area (Å²) in [4.78, 5) is 35.7. The SMILES string of the molecule is COc1cc(NC(=O)c2cc3ccccc3nc2C2=NC(C)(C(C)C)C(=O)N2)cc(OC)c1OC. The molecule has 2 heterocycles. The van der Waals surface area contributed by atoms with Crippen molar-refractivity contribution in [3.63, 3.8) is 0 Å². The highest BCUT2D eigenvalue weighted by Crippen LogP contribution is 2.40. The second-order valence-corrected chi connectivity index (χ2v) is 8.66. The van der Waals surface area contributed by atoms with Crippen LogP contribution >= 0.6 is 0 Å². The van der Waals surface area contributed by atoms with Gasteiger partial charge in [0.05, 0.1) is 32.4 Å². The van der Waals surface area contributed by atoms with Crippen LogP contribution in [0.25, 0.3) is 10.9 Å². The summed E-state index contributed by atoms with van der Waals surface area (Å²) in [6, 6.07) is 12.5. The van der Waals surface area contributed by atoms with E-state index in [0.29, 0.717) is 34.1 Å². The molecule has 2 amide bonds. The van der Waals surface area contributed by atoms with E-state index in [1.807, 2.05) is 38.1 Å². The van der Waals surface area contributed by atoms with Gasteiger partial charge in [-0.05, 0) is 25.0 Å². The Kier molecular flexibility index (Phi) is 6.34. The molecule has 35 heavy (non-hydrogen) atoms. The number of pyridine rings is 1. The molecule has 0 saturated carbocycles. The summed E-state index contributed by atoms with van der Waals surface area (Å²) >= 11 is 0. The van der Waals surface area contributed by atoms with Gasteiger partial charge in [-0.25, -0.2) is 9.98 Å². The molecule has 0 fully saturated rings. The van der Waals surface area contributed by atoms with Crippen molar-refractivity contribution in [2.45, 2.75) is 26.3 Å². The highest BCUT2D eigenvalue weighted by molar-refractivity contribution is 6.20. The van der Waals surface area contributed by atoms with Gasteiger partial charge in [-0.1, -0.05) is 32.0 Å². The van der Waals surface area contributed by atoms with Crippen molar-refractivity contribution in [1.29, 1.82) is 0 Å². The summed E-state index contributed by atoms with van der Waals surface area (Å²) in [5.41, 5.74) is 0.735. The first-order valence-corrected chi connectivity index (χ1v) is 11.1. The lowest BCUT2D eigenvalue weighted by atomic mass is 9.89. The van der Waals surface area contributed by atoms with Gasteiger partial charge in [0.25, 0.3) is 11.8 Å². The van der Waals surface area contributed by atoms with Crippen LogP contribution in [0.1, 0.15) is 36.8 Å². The van der Waals surface area contributed by atoms with E-state index in [4.69, 9.17) is 19.2 Å². The monoisotopic (exact) mass is 476 g/mol. The third kappa shape index (κ3) is 4.25. The number of rotatable bonds is 7. The van der Waals surface area contributed by atoms with E-state index in [0.717, 1.165) is 5.39 Å². The van der Waals surface area contributed by atoms with Crippen LogP contribution in [-0.4, -0.2) is 49.5 Å². The maximum Gasteiger partial charge on any atom is 0.258 e. The third-order valence-corrected chi connectivity index (χ3v) is 6.28. The molecule has 0 aliphatic carbocycles. The Bertz CT molecular complexity index is 1330. The van der Waals surface area contributed by atoms with Crippen LogP contribution in [0, 0.1) is 5.92 Å². The number of aliphatic imine (C=N–C) groups is 1. The van der Waals surface area contributed by atoms with Crippen LogP contribution < -0.4 is 24.8 Å². The Morgan fingerprint density at radius 1 is 1.03 bits per heavy atom. The van der Waals surface area contributed by atoms with Crippen molar-refractivity contribution in [3.05, 3.63) is 53.7 Å². The molecule has 1 aromatic heterocycles. The molecule has 9 heteroatoms. The van der Waals surface area contributed by atoms with Crippen molar-refractivity contribution in [2.24, 2.45) is 10.9 Å². The van der Waals surface area contributed by atoms with E-state index in [-0.39, 0.29) is 23.2 Å². The molecule has 1 unspecified atom stereocenters. The number of nitrogens with zero attached hydrogens (tertiary/aromatic N) is 2. The molecule has 1 atom stereocenters. The lowest BCUT2D eigenvalue weighted by Gasteiger charge is -2.21. The molecule has 9 nitrogen and oxygen atoms in total. The Balaban J connectivity index is 1.81. The summed E-state index contributed by atoms with van der Waals surface area (Å²) in [5, 5.41) is 6.49. The van der Waals surface area contributed by atoms with Gasteiger partial charge in [0.15, 0.2) is 17.3 Å². The standard InChI is InChI=1S/C26H28N4O5/c1-14(2)26(3)25(32)29-23(30-26)21-17(11-15-9-7-8-10-18(15)28-21)24(31)27-16-12-19(33-4)22(35-6)20(13-16)34-5/h7-14H,1-6H3,(H,27,31)(H,29,30,32). The summed E-state index contributed by atoms with van der Waals surface area (Å²) in [7, 11) is 4.51. The molecule has 2 N–H and O–H groups in total. The molecule has 1 aliphatic heterocycles. The van der Waals surface area contributed by atoms with Gasteiger partial charge in [0.2, 0.25) is 5.75 Å².